The highest BCUT2D eigenvalue weighted by molar-refractivity contribution is 6.64. The Morgan fingerprint density at radius 2 is 1.16 bits per heavy atom. The first-order chi connectivity index (χ1) is 15.5. The second-order valence-corrected chi connectivity index (χ2v) is 10.3. The molecule has 3 aromatic carbocycles. The van der Waals surface area contributed by atoms with Crippen LogP contribution in [-0.2, 0) is 9.53 Å². The van der Waals surface area contributed by atoms with Crippen molar-refractivity contribution in [2.45, 2.75) is 25.8 Å². The van der Waals surface area contributed by atoms with E-state index in [9.17, 15) is 4.79 Å². The Labute approximate surface area is 190 Å². The van der Waals surface area contributed by atoms with Crippen LogP contribution in [0.3, 0.4) is 0 Å². The van der Waals surface area contributed by atoms with E-state index in [4.69, 9.17) is 18.0 Å². The largest absolute Gasteiger partial charge is 0.702 e. The van der Waals surface area contributed by atoms with E-state index in [0.717, 1.165) is 0 Å². The van der Waals surface area contributed by atoms with Crippen molar-refractivity contribution in [3.8, 4) is 17.2 Å². The summed E-state index contributed by atoms with van der Waals surface area (Å²) in [6.45, 7) is 7.45. The molecule has 0 spiro atoms. The lowest BCUT2D eigenvalue weighted by Gasteiger charge is -2.34. The number of ether oxygens (including phenoxy) is 1. The topological polar surface area (TPSA) is 54.0 Å². The number of para-hydroxylation sites is 3. The first-order valence-electron chi connectivity index (χ1n) is 10.5. The molecule has 1 unspecified atom stereocenters. The summed E-state index contributed by atoms with van der Waals surface area (Å²) in [5.74, 6) is 1.53. The molecule has 166 valence electrons. The van der Waals surface area contributed by atoms with E-state index >= 15 is 0 Å². The van der Waals surface area contributed by atoms with Gasteiger partial charge < -0.3 is 18.0 Å². The monoisotopic (exact) mass is 448 g/mol. The highest BCUT2D eigenvalue weighted by Crippen LogP contribution is 2.33. The molecule has 3 aromatic rings. The van der Waals surface area contributed by atoms with Crippen LogP contribution in [0.4, 0.5) is 0 Å². The summed E-state index contributed by atoms with van der Waals surface area (Å²) in [7, 11) is -3.43. The average molecular weight is 449 g/mol. The van der Waals surface area contributed by atoms with Crippen LogP contribution in [0.15, 0.2) is 103 Å². The van der Waals surface area contributed by atoms with Crippen LogP contribution in [0, 0.1) is 0 Å². The van der Waals surface area contributed by atoms with Crippen molar-refractivity contribution in [2.75, 3.05) is 6.61 Å². The minimum Gasteiger partial charge on any atom is -0.483 e. The maximum atomic E-state index is 11.8. The third-order valence-corrected chi connectivity index (χ3v) is 7.80. The molecule has 0 saturated carbocycles. The molecule has 0 amide bonds. The quantitative estimate of drug-likeness (QED) is 0.203. The van der Waals surface area contributed by atoms with Crippen LogP contribution < -0.4 is 13.3 Å². The molecule has 0 aromatic heterocycles. The van der Waals surface area contributed by atoms with E-state index in [-0.39, 0.29) is 12.1 Å². The van der Waals surface area contributed by atoms with Gasteiger partial charge in [0.25, 0.3) is 0 Å². The molecule has 6 heteroatoms. The van der Waals surface area contributed by atoms with Gasteiger partial charge in [0, 0.05) is 5.57 Å². The van der Waals surface area contributed by atoms with Crippen LogP contribution in [0.2, 0.25) is 5.54 Å². The summed E-state index contributed by atoms with van der Waals surface area (Å²) in [6, 6.07) is 28.4. The molecule has 0 aliphatic rings. The number of hydrogen-bond acceptors (Lipinski definition) is 5. The first-order valence-corrected chi connectivity index (χ1v) is 12.3. The zero-order valence-corrected chi connectivity index (χ0v) is 19.4. The molecule has 1 atom stereocenters. The molecular formula is C26H28O5Si. The Morgan fingerprint density at radius 1 is 0.781 bits per heavy atom. The molecule has 5 nitrogen and oxygen atoms in total. The maximum absolute atomic E-state index is 11.8. The number of benzene rings is 3. The number of esters is 1. The van der Waals surface area contributed by atoms with E-state index in [1.54, 1.807) is 6.92 Å². The fourth-order valence-corrected chi connectivity index (χ4v) is 5.54. The van der Waals surface area contributed by atoms with Gasteiger partial charge in [0.15, 0.2) is 0 Å². The Morgan fingerprint density at radius 3 is 1.50 bits per heavy atom. The van der Waals surface area contributed by atoms with Crippen LogP contribution in [0.25, 0.3) is 0 Å². The first kappa shape index (κ1) is 23.2. The van der Waals surface area contributed by atoms with Gasteiger partial charge in [-0.15, -0.1) is 0 Å². The predicted octanol–water partition coefficient (Wildman–Crippen LogP) is 6.06. The number of rotatable bonds is 11. The second-order valence-electron chi connectivity index (χ2n) is 7.45. The third-order valence-electron chi connectivity index (χ3n) is 4.75. The lowest BCUT2D eigenvalue weighted by Crippen LogP contribution is -2.58. The molecule has 0 N–H and O–H groups in total. The van der Waals surface area contributed by atoms with Crippen molar-refractivity contribution >= 4 is 14.8 Å². The minimum atomic E-state index is -3.43. The van der Waals surface area contributed by atoms with Crippen molar-refractivity contribution in [3.05, 3.63) is 103 Å². The van der Waals surface area contributed by atoms with Crippen LogP contribution in [-0.4, -0.2) is 21.4 Å². The summed E-state index contributed by atoms with van der Waals surface area (Å²) in [6.07, 6.45) is 0.498. The van der Waals surface area contributed by atoms with E-state index in [1.807, 2.05) is 97.9 Å². The van der Waals surface area contributed by atoms with Crippen LogP contribution >= 0.6 is 0 Å². The third kappa shape index (κ3) is 6.49. The van der Waals surface area contributed by atoms with Gasteiger partial charge in [-0.1, -0.05) is 68.1 Å². The van der Waals surface area contributed by atoms with Crippen molar-refractivity contribution in [1.82, 2.24) is 0 Å². The summed E-state index contributed by atoms with van der Waals surface area (Å²) < 4.78 is 24.9. The molecule has 0 fully saturated rings. The summed E-state index contributed by atoms with van der Waals surface area (Å²) in [5, 5.41) is 0. The molecule has 0 radical (unpaired) electrons. The molecule has 32 heavy (non-hydrogen) atoms. The van der Waals surface area contributed by atoms with Gasteiger partial charge in [-0.3, -0.25) is 0 Å². The summed E-state index contributed by atoms with van der Waals surface area (Å²) >= 11 is 0. The molecule has 0 saturated heterocycles. The lowest BCUT2D eigenvalue weighted by atomic mass is 10.3. The SMILES string of the molecule is C=C(C)C(=O)OCCC(C)[Si](Oc1ccccc1)(Oc1ccccc1)Oc1ccccc1. The highest BCUT2D eigenvalue weighted by Gasteiger charge is 2.55. The smallest absolute Gasteiger partial charge is 0.483 e. The van der Waals surface area contributed by atoms with Crippen molar-refractivity contribution < 1.29 is 22.8 Å². The van der Waals surface area contributed by atoms with Crippen LogP contribution in [0.1, 0.15) is 20.3 Å². The van der Waals surface area contributed by atoms with Gasteiger partial charge in [-0.05, 0) is 49.7 Å². The molecule has 0 heterocycles. The van der Waals surface area contributed by atoms with Gasteiger partial charge in [0.05, 0.1) is 12.1 Å². The fourth-order valence-electron chi connectivity index (χ4n) is 2.95. The molecule has 0 aliphatic heterocycles. The fraction of sp³-hybridized carbons (Fsp3) is 0.192. The molecule has 0 bridgehead atoms. The molecule has 3 rings (SSSR count). The zero-order valence-electron chi connectivity index (χ0n) is 18.4. The highest BCUT2D eigenvalue weighted by atomic mass is 28.4. The van der Waals surface area contributed by atoms with Crippen LogP contribution in [0.5, 0.6) is 17.2 Å². The normalized spacial score (nSPS) is 11.8. The van der Waals surface area contributed by atoms with Gasteiger partial charge in [0.2, 0.25) is 0 Å². The maximum Gasteiger partial charge on any atom is 0.702 e. The van der Waals surface area contributed by atoms with E-state index < -0.39 is 14.8 Å². The van der Waals surface area contributed by atoms with E-state index in [0.29, 0.717) is 29.2 Å². The van der Waals surface area contributed by atoms with Crippen molar-refractivity contribution in [1.29, 1.82) is 0 Å². The van der Waals surface area contributed by atoms with Crippen molar-refractivity contribution in [2.24, 2.45) is 0 Å². The lowest BCUT2D eigenvalue weighted by molar-refractivity contribution is -0.139. The van der Waals surface area contributed by atoms with Crippen molar-refractivity contribution in [3.63, 3.8) is 0 Å². The average Bonchev–Trinajstić information content (AvgIpc) is 2.80. The van der Waals surface area contributed by atoms with E-state index in [1.165, 1.54) is 0 Å². The summed E-state index contributed by atoms with van der Waals surface area (Å²) in [4.78, 5) is 11.8. The van der Waals surface area contributed by atoms with Gasteiger partial charge >= 0.3 is 14.8 Å². The molecular weight excluding hydrogens is 420 g/mol. The molecule has 0 aliphatic carbocycles. The predicted molar refractivity (Wildman–Crippen MR) is 127 cm³/mol. The second kappa shape index (κ2) is 11.2. The Bertz CT molecular complexity index is 891. The standard InChI is InChI=1S/C26H28O5Si/c1-21(2)26(27)28-20-19-22(3)32(29-23-13-7-4-8-14-23,30-24-15-9-5-10-16-24)31-25-17-11-6-12-18-25/h4-18,22H,1,19-20H2,2-3H3. The van der Waals surface area contributed by atoms with E-state index in [2.05, 4.69) is 6.58 Å². The minimum absolute atomic E-state index is 0.193. The van der Waals surface area contributed by atoms with Gasteiger partial charge in [0.1, 0.15) is 17.2 Å². The Kier molecular flexibility index (Phi) is 8.11. The van der Waals surface area contributed by atoms with Gasteiger partial charge in [-0.25, -0.2) is 4.79 Å². The number of hydrogen-bond donors (Lipinski definition) is 0. The van der Waals surface area contributed by atoms with Gasteiger partial charge in [-0.2, -0.15) is 0 Å². The summed E-state index contributed by atoms with van der Waals surface area (Å²) in [5.41, 5.74) is 0.170. The zero-order chi connectivity index (χ0) is 22.8. The Hall–Kier alpha value is -3.51. The Balaban J connectivity index is 1.93. The number of carbonyl (C=O) groups is 1. The number of carbonyl (C=O) groups excluding carboxylic acids is 1.